The number of nitrogens with two attached hydrogens (primary N) is 1. The number of likely N-dealkylation sites (tertiary alicyclic amines) is 1. The molecular weight excluding hydrogens is 302 g/mol. The summed E-state index contributed by atoms with van der Waals surface area (Å²) in [6, 6.07) is 5.98. The SMILES string of the molecule is CC(NC(=O)N1CCCCCC1)c1cccc(S(N)(=O)=O)c1. The summed E-state index contributed by atoms with van der Waals surface area (Å²) in [5.74, 6) is 0. The van der Waals surface area contributed by atoms with Crippen LogP contribution in [0.1, 0.15) is 44.2 Å². The number of carbonyl (C=O) groups excluding carboxylic acids is 1. The van der Waals surface area contributed by atoms with Gasteiger partial charge in [-0.05, 0) is 37.5 Å². The molecule has 6 nitrogen and oxygen atoms in total. The van der Waals surface area contributed by atoms with E-state index in [9.17, 15) is 13.2 Å². The summed E-state index contributed by atoms with van der Waals surface area (Å²) in [5.41, 5.74) is 0.717. The average Bonchev–Trinajstić information content (AvgIpc) is 2.75. The molecule has 0 spiro atoms. The number of hydrogen-bond donors (Lipinski definition) is 2. The number of sulfonamides is 1. The van der Waals surface area contributed by atoms with Gasteiger partial charge < -0.3 is 10.2 Å². The molecule has 1 fully saturated rings. The van der Waals surface area contributed by atoms with Crippen molar-refractivity contribution in [3.63, 3.8) is 0 Å². The Hall–Kier alpha value is -1.60. The van der Waals surface area contributed by atoms with Crippen molar-refractivity contribution in [1.82, 2.24) is 10.2 Å². The van der Waals surface area contributed by atoms with E-state index >= 15 is 0 Å². The topological polar surface area (TPSA) is 92.5 Å². The molecular formula is C15H23N3O3S. The van der Waals surface area contributed by atoms with Crippen molar-refractivity contribution in [2.75, 3.05) is 13.1 Å². The number of nitrogens with one attached hydrogen (secondary N) is 1. The van der Waals surface area contributed by atoms with Gasteiger partial charge in [0.2, 0.25) is 10.0 Å². The molecule has 122 valence electrons. The number of nitrogens with zero attached hydrogens (tertiary/aromatic N) is 1. The largest absolute Gasteiger partial charge is 0.331 e. The molecule has 1 aromatic rings. The zero-order valence-corrected chi connectivity index (χ0v) is 13.6. The Morgan fingerprint density at radius 2 is 1.86 bits per heavy atom. The van der Waals surface area contributed by atoms with Crippen LogP contribution in [-0.2, 0) is 10.0 Å². The fourth-order valence-corrected chi connectivity index (χ4v) is 3.16. The van der Waals surface area contributed by atoms with Crippen LogP contribution >= 0.6 is 0 Å². The Morgan fingerprint density at radius 1 is 1.23 bits per heavy atom. The van der Waals surface area contributed by atoms with Gasteiger partial charge in [0.05, 0.1) is 10.9 Å². The van der Waals surface area contributed by atoms with E-state index in [1.807, 2.05) is 11.8 Å². The molecule has 0 saturated carbocycles. The van der Waals surface area contributed by atoms with E-state index in [0.29, 0.717) is 0 Å². The number of carbonyl (C=O) groups is 1. The van der Waals surface area contributed by atoms with Crippen LogP contribution in [0.4, 0.5) is 4.79 Å². The summed E-state index contributed by atoms with van der Waals surface area (Å²) in [6.45, 7) is 3.38. The normalized spacial score (nSPS) is 17.6. The van der Waals surface area contributed by atoms with Crippen molar-refractivity contribution >= 4 is 16.1 Å². The summed E-state index contributed by atoms with van der Waals surface area (Å²) >= 11 is 0. The lowest BCUT2D eigenvalue weighted by molar-refractivity contribution is 0.196. The van der Waals surface area contributed by atoms with Gasteiger partial charge >= 0.3 is 6.03 Å². The van der Waals surface area contributed by atoms with Crippen LogP contribution in [0, 0.1) is 0 Å². The van der Waals surface area contributed by atoms with Crippen LogP contribution in [0.15, 0.2) is 29.2 Å². The highest BCUT2D eigenvalue weighted by atomic mass is 32.2. The number of rotatable bonds is 3. The Bertz CT molecular complexity index is 623. The minimum Gasteiger partial charge on any atom is -0.331 e. The fraction of sp³-hybridized carbons (Fsp3) is 0.533. The zero-order valence-electron chi connectivity index (χ0n) is 12.8. The number of benzene rings is 1. The molecule has 1 atom stereocenters. The lowest BCUT2D eigenvalue weighted by atomic mass is 10.1. The zero-order chi connectivity index (χ0) is 16.2. The van der Waals surface area contributed by atoms with E-state index in [2.05, 4.69) is 5.32 Å². The van der Waals surface area contributed by atoms with Gasteiger partial charge in [0.15, 0.2) is 0 Å². The predicted molar refractivity (Wildman–Crippen MR) is 84.8 cm³/mol. The second-order valence-corrected chi connectivity index (χ2v) is 7.25. The summed E-state index contributed by atoms with van der Waals surface area (Å²) in [4.78, 5) is 14.2. The van der Waals surface area contributed by atoms with Crippen LogP contribution < -0.4 is 10.5 Å². The van der Waals surface area contributed by atoms with Crippen LogP contribution in [0.3, 0.4) is 0 Å². The maximum atomic E-state index is 12.3. The summed E-state index contributed by atoms with van der Waals surface area (Å²) in [7, 11) is -3.74. The molecule has 1 aliphatic heterocycles. The Balaban J connectivity index is 2.05. The van der Waals surface area contributed by atoms with Crippen molar-refractivity contribution in [2.24, 2.45) is 5.14 Å². The molecule has 0 aromatic heterocycles. The first-order valence-electron chi connectivity index (χ1n) is 7.56. The summed E-state index contributed by atoms with van der Waals surface area (Å²) < 4.78 is 22.8. The first kappa shape index (κ1) is 16.8. The monoisotopic (exact) mass is 325 g/mol. The number of urea groups is 1. The molecule has 0 aliphatic carbocycles. The molecule has 7 heteroatoms. The minimum atomic E-state index is -3.74. The molecule has 2 rings (SSSR count). The quantitative estimate of drug-likeness (QED) is 0.890. The molecule has 1 aliphatic rings. The van der Waals surface area contributed by atoms with E-state index in [0.717, 1.165) is 44.3 Å². The van der Waals surface area contributed by atoms with Crippen molar-refractivity contribution in [1.29, 1.82) is 0 Å². The van der Waals surface area contributed by atoms with Gasteiger partial charge in [-0.3, -0.25) is 0 Å². The van der Waals surface area contributed by atoms with Gasteiger partial charge in [-0.1, -0.05) is 25.0 Å². The first-order chi connectivity index (χ1) is 10.4. The Morgan fingerprint density at radius 3 is 2.45 bits per heavy atom. The van der Waals surface area contributed by atoms with Crippen molar-refractivity contribution < 1.29 is 13.2 Å². The first-order valence-corrected chi connectivity index (χ1v) is 9.11. The van der Waals surface area contributed by atoms with Crippen molar-refractivity contribution in [3.05, 3.63) is 29.8 Å². The van der Waals surface area contributed by atoms with Gasteiger partial charge in [-0.2, -0.15) is 0 Å². The maximum absolute atomic E-state index is 12.3. The summed E-state index contributed by atoms with van der Waals surface area (Å²) in [6.07, 6.45) is 4.39. The smallest absolute Gasteiger partial charge is 0.317 e. The molecule has 0 bridgehead atoms. The van der Waals surface area contributed by atoms with Gasteiger partial charge in [-0.15, -0.1) is 0 Å². The fourth-order valence-electron chi connectivity index (χ4n) is 2.59. The second-order valence-electron chi connectivity index (χ2n) is 5.69. The summed E-state index contributed by atoms with van der Waals surface area (Å²) in [5, 5.41) is 8.06. The lowest BCUT2D eigenvalue weighted by Crippen LogP contribution is -2.41. The minimum absolute atomic E-state index is 0.0564. The number of hydrogen-bond acceptors (Lipinski definition) is 3. The van der Waals surface area contributed by atoms with Gasteiger partial charge in [0.25, 0.3) is 0 Å². The van der Waals surface area contributed by atoms with Crippen molar-refractivity contribution in [2.45, 2.75) is 43.5 Å². The Kier molecular flexibility index (Phi) is 5.42. The average molecular weight is 325 g/mol. The highest BCUT2D eigenvalue weighted by Crippen LogP contribution is 2.17. The molecule has 1 heterocycles. The van der Waals surface area contributed by atoms with Crippen LogP contribution in [-0.4, -0.2) is 32.4 Å². The molecule has 0 radical (unpaired) electrons. The van der Waals surface area contributed by atoms with Crippen molar-refractivity contribution in [3.8, 4) is 0 Å². The molecule has 22 heavy (non-hydrogen) atoms. The molecule has 1 saturated heterocycles. The van der Waals surface area contributed by atoms with Crippen LogP contribution in [0.5, 0.6) is 0 Å². The molecule has 2 amide bonds. The third-order valence-corrected chi connectivity index (χ3v) is 4.83. The van der Waals surface area contributed by atoms with E-state index < -0.39 is 10.0 Å². The molecule has 3 N–H and O–H groups in total. The van der Waals surface area contributed by atoms with Crippen LogP contribution in [0.2, 0.25) is 0 Å². The van der Waals surface area contributed by atoms with E-state index in [-0.39, 0.29) is 17.0 Å². The van der Waals surface area contributed by atoms with Crippen LogP contribution in [0.25, 0.3) is 0 Å². The van der Waals surface area contributed by atoms with E-state index in [1.165, 1.54) is 12.1 Å². The highest BCUT2D eigenvalue weighted by Gasteiger charge is 2.18. The van der Waals surface area contributed by atoms with Gasteiger partial charge in [-0.25, -0.2) is 18.4 Å². The standard InChI is InChI=1S/C15H23N3O3S/c1-12(13-7-6-8-14(11-13)22(16,20)21)17-15(19)18-9-4-2-3-5-10-18/h6-8,11-12H,2-5,9-10H2,1H3,(H,17,19)(H2,16,20,21). The third kappa shape index (κ3) is 4.45. The second kappa shape index (κ2) is 7.11. The van der Waals surface area contributed by atoms with E-state index in [1.54, 1.807) is 12.1 Å². The third-order valence-electron chi connectivity index (χ3n) is 3.92. The highest BCUT2D eigenvalue weighted by molar-refractivity contribution is 7.89. The lowest BCUT2D eigenvalue weighted by Gasteiger charge is -2.24. The van der Waals surface area contributed by atoms with E-state index in [4.69, 9.17) is 5.14 Å². The van der Waals surface area contributed by atoms with Gasteiger partial charge in [0.1, 0.15) is 0 Å². The number of primary sulfonamides is 1. The predicted octanol–water partition coefficient (Wildman–Crippen LogP) is 1.98. The van der Waals surface area contributed by atoms with Gasteiger partial charge in [0, 0.05) is 13.1 Å². The maximum Gasteiger partial charge on any atom is 0.317 e. The molecule has 1 aromatic carbocycles. The Labute approximate surface area is 131 Å². The molecule has 1 unspecified atom stereocenters. The number of amides is 2.